The molecule has 1 aromatic heterocycles. The van der Waals surface area contributed by atoms with E-state index in [9.17, 15) is 4.79 Å². The van der Waals surface area contributed by atoms with E-state index in [4.69, 9.17) is 42.6 Å². The summed E-state index contributed by atoms with van der Waals surface area (Å²) < 4.78 is 11.0. The van der Waals surface area contributed by atoms with E-state index in [-0.39, 0.29) is 18.1 Å². The fourth-order valence-corrected chi connectivity index (χ4v) is 6.17. The van der Waals surface area contributed by atoms with Crippen molar-refractivity contribution in [2.75, 3.05) is 12.1 Å². The van der Waals surface area contributed by atoms with E-state index in [0.29, 0.717) is 39.2 Å². The SMILES string of the molecule is CC12CCC(C(=O)Nc3cccc(Cl)c3Cl)(c3nc4cc5c(cc4nc31)OCO5)C2(C)C. The second-order valence-electron chi connectivity index (χ2n) is 9.53. The van der Waals surface area contributed by atoms with Crippen LogP contribution in [0.2, 0.25) is 10.0 Å². The van der Waals surface area contributed by atoms with Crippen LogP contribution < -0.4 is 14.8 Å². The number of fused-ring (bicyclic) bond motifs is 7. The van der Waals surface area contributed by atoms with Crippen LogP contribution in [0.15, 0.2) is 30.3 Å². The van der Waals surface area contributed by atoms with Crippen molar-refractivity contribution in [1.29, 1.82) is 0 Å². The zero-order valence-corrected chi connectivity index (χ0v) is 19.4. The quantitative estimate of drug-likeness (QED) is 0.525. The fourth-order valence-electron chi connectivity index (χ4n) is 5.83. The lowest BCUT2D eigenvalue weighted by Crippen LogP contribution is -2.48. The third-order valence-corrected chi connectivity index (χ3v) is 8.94. The van der Waals surface area contributed by atoms with E-state index >= 15 is 0 Å². The number of nitrogens with one attached hydrogen (secondary N) is 1. The molecule has 2 aromatic carbocycles. The number of nitrogens with zero attached hydrogens (tertiary/aromatic N) is 2. The molecular weight excluding hydrogens is 449 g/mol. The van der Waals surface area contributed by atoms with Crippen molar-refractivity contribution in [2.45, 2.75) is 44.4 Å². The summed E-state index contributed by atoms with van der Waals surface area (Å²) in [5, 5.41) is 3.77. The van der Waals surface area contributed by atoms with E-state index in [1.165, 1.54) is 0 Å². The summed E-state index contributed by atoms with van der Waals surface area (Å²) in [6, 6.07) is 8.93. The van der Waals surface area contributed by atoms with Crippen molar-refractivity contribution in [1.82, 2.24) is 9.97 Å². The summed E-state index contributed by atoms with van der Waals surface area (Å²) >= 11 is 12.6. The number of aromatic nitrogens is 2. The number of benzene rings is 2. The van der Waals surface area contributed by atoms with Crippen LogP contribution in [0.5, 0.6) is 11.5 Å². The number of hydrogen-bond donors (Lipinski definition) is 1. The van der Waals surface area contributed by atoms with Gasteiger partial charge in [0, 0.05) is 17.5 Å². The predicted molar refractivity (Wildman–Crippen MR) is 123 cm³/mol. The van der Waals surface area contributed by atoms with Gasteiger partial charge in [-0.15, -0.1) is 0 Å². The van der Waals surface area contributed by atoms with Gasteiger partial charge in [0.2, 0.25) is 12.7 Å². The molecule has 2 bridgehead atoms. The first kappa shape index (κ1) is 20.1. The first-order chi connectivity index (χ1) is 15.2. The summed E-state index contributed by atoms with van der Waals surface area (Å²) in [6.07, 6.45) is 1.52. The van der Waals surface area contributed by atoms with Crippen LogP contribution in [-0.2, 0) is 15.6 Å². The minimum Gasteiger partial charge on any atom is -0.454 e. The van der Waals surface area contributed by atoms with Crippen LogP contribution in [0.25, 0.3) is 11.0 Å². The Bertz CT molecular complexity index is 1340. The molecule has 2 unspecified atom stereocenters. The first-order valence-electron chi connectivity index (χ1n) is 10.6. The molecule has 0 saturated heterocycles. The van der Waals surface area contributed by atoms with Gasteiger partial charge < -0.3 is 14.8 Å². The summed E-state index contributed by atoms with van der Waals surface area (Å²) in [5.41, 5.74) is 1.98. The molecule has 6 nitrogen and oxygen atoms in total. The molecule has 2 heterocycles. The lowest BCUT2D eigenvalue weighted by atomic mass is 9.63. The van der Waals surface area contributed by atoms with Crippen LogP contribution in [0.3, 0.4) is 0 Å². The molecule has 1 fully saturated rings. The predicted octanol–water partition coefficient (Wildman–Crippen LogP) is 5.63. The van der Waals surface area contributed by atoms with Gasteiger partial charge in [-0.3, -0.25) is 4.79 Å². The van der Waals surface area contributed by atoms with Gasteiger partial charge in [-0.25, -0.2) is 9.97 Å². The topological polar surface area (TPSA) is 73.3 Å². The molecule has 1 amide bonds. The Labute approximate surface area is 195 Å². The van der Waals surface area contributed by atoms with Gasteiger partial charge in [0.25, 0.3) is 0 Å². The molecule has 3 aromatic rings. The molecule has 8 heteroatoms. The molecule has 32 heavy (non-hydrogen) atoms. The van der Waals surface area contributed by atoms with E-state index in [1.54, 1.807) is 18.2 Å². The molecule has 6 rings (SSSR count). The fraction of sp³-hybridized carbons (Fsp3) is 0.375. The van der Waals surface area contributed by atoms with Gasteiger partial charge in [0.1, 0.15) is 0 Å². The Hall–Kier alpha value is -2.57. The molecule has 1 aliphatic heterocycles. The minimum absolute atomic E-state index is 0.136. The van der Waals surface area contributed by atoms with Crippen LogP contribution in [-0.4, -0.2) is 22.7 Å². The van der Waals surface area contributed by atoms with Crippen LogP contribution in [0, 0.1) is 5.41 Å². The standard InChI is InChI=1S/C24H21Cl2N3O3/c1-22(2)23(3)7-8-24(22,21(30)29-13-6-4-5-12(25)18(13)26)20-19(23)27-14-9-16-17(32-11-31-16)10-15(14)28-20/h4-6,9-10H,7-8,11H2,1-3H3,(H,29,30). The maximum absolute atomic E-state index is 14.0. The van der Waals surface area contributed by atoms with E-state index in [2.05, 4.69) is 26.1 Å². The van der Waals surface area contributed by atoms with Crippen LogP contribution >= 0.6 is 23.2 Å². The number of carbonyl (C=O) groups is 1. The van der Waals surface area contributed by atoms with Gasteiger partial charge in [0.15, 0.2) is 11.5 Å². The third-order valence-electron chi connectivity index (χ3n) is 8.12. The van der Waals surface area contributed by atoms with Gasteiger partial charge in [0.05, 0.1) is 43.6 Å². The molecule has 3 aliphatic rings. The number of carbonyl (C=O) groups excluding carboxylic acids is 1. The Morgan fingerprint density at radius 2 is 1.66 bits per heavy atom. The molecule has 164 valence electrons. The molecule has 0 spiro atoms. The molecule has 0 radical (unpaired) electrons. The molecule has 1 N–H and O–H groups in total. The van der Waals surface area contributed by atoms with Crippen molar-refractivity contribution < 1.29 is 14.3 Å². The largest absolute Gasteiger partial charge is 0.454 e. The van der Waals surface area contributed by atoms with E-state index in [0.717, 1.165) is 23.3 Å². The highest BCUT2D eigenvalue weighted by Crippen LogP contribution is 2.70. The summed E-state index contributed by atoms with van der Waals surface area (Å²) in [6.45, 7) is 6.65. The minimum atomic E-state index is -0.847. The number of rotatable bonds is 2. The summed E-state index contributed by atoms with van der Waals surface area (Å²) in [4.78, 5) is 24.0. The lowest BCUT2D eigenvalue weighted by molar-refractivity contribution is -0.125. The van der Waals surface area contributed by atoms with E-state index in [1.807, 2.05) is 12.1 Å². The van der Waals surface area contributed by atoms with Crippen LogP contribution in [0.4, 0.5) is 5.69 Å². The highest BCUT2D eigenvalue weighted by molar-refractivity contribution is 6.44. The normalized spacial score (nSPS) is 26.4. The molecular formula is C24H21Cl2N3O3. The smallest absolute Gasteiger partial charge is 0.237 e. The van der Waals surface area contributed by atoms with Crippen LogP contribution in [0.1, 0.15) is 45.0 Å². The maximum atomic E-state index is 14.0. The second kappa shape index (κ2) is 6.27. The van der Waals surface area contributed by atoms with E-state index < -0.39 is 10.8 Å². The van der Waals surface area contributed by atoms with Crippen molar-refractivity contribution in [3.63, 3.8) is 0 Å². The summed E-state index contributed by atoms with van der Waals surface area (Å²) in [5.74, 6) is 1.18. The Kier molecular flexibility index (Phi) is 3.93. The second-order valence-corrected chi connectivity index (χ2v) is 10.3. The lowest BCUT2D eigenvalue weighted by Gasteiger charge is -2.39. The van der Waals surface area contributed by atoms with Crippen molar-refractivity contribution in [2.24, 2.45) is 5.41 Å². The van der Waals surface area contributed by atoms with Crippen molar-refractivity contribution in [3.05, 3.63) is 51.8 Å². The molecule has 2 atom stereocenters. The highest BCUT2D eigenvalue weighted by Gasteiger charge is 2.73. The zero-order valence-electron chi connectivity index (χ0n) is 17.9. The van der Waals surface area contributed by atoms with Gasteiger partial charge in [-0.05, 0) is 30.4 Å². The maximum Gasteiger partial charge on any atom is 0.237 e. The Balaban J connectivity index is 1.54. The number of anilines is 1. The number of amides is 1. The van der Waals surface area contributed by atoms with Gasteiger partial charge >= 0.3 is 0 Å². The van der Waals surface area contributed by atoms with Gasteiger partial charge in [-0.1, -0.05) is 50.0 Å². The molecule has 1 saturated carbocycles. The Morgan fingerprint density at radius 1 is 1.00 bits per heavy atom. The number of ether oxygens (including phenoxy) is 2. The van der Waals surface area contributed by atoms with Crippen molar-refractivity contribution in [3.8, 4) is 11.5 Å². The third kappa shape index (κ3) is 2.24. The monoisotopic (exact) mass is 469 g/mol. The average Bonchev–Trinajstić information content (AvgIpc) is 3.33. The highest BCUT2D eigenvalue weighted by atomic mass is 35.5. The van der Waals surface area contributed by atoms with Gasteiger partial charge in [-0.2, -0.15) is 0 Å². The average molecular weight is 470 g/mol. The number of hydrogen-bond acceptors (Lipinski definition) is 5. The Morgan fingerprint density at radius 3 is 2.34 bits per heavy atom. The first-order valence-corrected chi connectivity index (χ1v) is 11.3. The van der Waals surface area contributed by atoms with Crippen molar-refractivity contribution >= 4 is 45.8 Å². The zero-order chi connectivity index (χ0) is 22.5. The summed E-state index contributed by atoms with van der Waals surface area (Å²) in [7, 11) is 0. The molecule has 2 aliphatic carbocycles. The number of halogens is 2.